The Morgan fingerprint density at radius 1 is 0.949 bits per heavy atom. The van der Waals surface area contributed by atoms with E-state index in [0.29, 0.717) is 43.6 Å². The molecule has 0 bridgehead atoms. The third-order valence-corrected chi connectivity index (χ3v) is 7.40. The number of nitrogens with zero attached hydrogens (tertiary/aromatic N) is 2. The maximum atomic E-state index is 13.6. The van der Waals surface area contributed by atoms with Crippen molar-refractivity contribution in [1.82, 2.24) is 20.7 Å². The summed E-state index contributed by atoms with van der Waals surface area (Å²) in [5, 5.41) is 4.82. The number of amides is 4. The number of nitrogens with one attached hydrogen (secondary N) is 2. The van der Waals surface area contributed by atoms with E-state index in [4.69, 9.17) is 5.73 Å². The SMILES string of the molecule is CCC1(c2ccc(C(=O)N(CCCc3ccccc3)NC(=O)c3ccccc3)cc2)CNCCCN1C(N)=O. The van der Waals surface area contributed by atoms with Crippen LogP contribution in [-0.2, 0) is 12.0 Å². The molecular weight excluding hydrogens is 490 g/mol. The van der Waals surface area contributed by atoms with Crippen LogP contribution < -0.4 is 16.5 Å². The minimum Gasteiger partial charge on any atom is -0.351 e. The third kappa shape index (κ3) is 6.64. The molecule has 0 radical (unpaired) electrons. The summed E-state index contributed by atoms with van der Waals surface area (Å²) in [6.45, 7) is 4.35. The highest BCUT2D eigenvalue weighted by Gasteiger charge is 2.40. The van der Waals surface area contributed by atoms with Gasteiger partial charge < -0.3 is 16.0 Å². The Labute approximate surface area is 230 Å². The fraction of sp³-hybridized carbons (Fsp3) is 0.323. The Morgan fingerprint density at radius 3 is 2.26 bits per heavy atom. The number of hydrogen-bond donors (Lipinski definition) is 3. The van der Waals surface area contributed by atoms with Crippen molar-refractivity contribution in [1.29, 1.82) is 0 Å². The van der Waals surface area contributed by atoms with Gasteiger partial charge in [-0.2, -0.15) is 0 Å². The van der Waals surface area contributed by atoms with Gasteiger partial charge in [-0.3, -0.25) is 15.0 Å². The Kier molecular flexibility index (Phi) is 9.33. The van der Waals surface area contributed by atoms with Gasteiger partial charge in [0.05, 0.1) is 5.54 Å². The van der Waals surface area contributed by atoms with Crippen LogP contribution in [0.5, 0.6) is 0 Å². The molecule has 0 saturated carbocycles. The molecule has 8 heteroatoms. The number of carbonyl (C=O) groups excluding carboxylic acids is 3. The van der Waals surface area contributed by atoms with Crippen molar-refractivity contribution in [2.75, 3.05) is 26.2 Å². The van der Waals surface area contributed by atoms with Crippen LogP contribution in [0.3, 0.4) is 0 Å². The van der Waals surface area contributed by atoms with Crippen LogP contribution in [0.15, 0.2) is 84.9 Å². The Morgan fingerprint density at radius 2 is 1.62 bits per heavy atom. The lowest BCUT2D eigenvalue weighted by atomic mass is 9.85. The lowest BCUT2D eigenvalue weighted by Crippen LogP contribution is -2.54. The number of aryl methyl sites for hydroxylation is 1. The van der Waals surface area contributed by atoms with Crippen LogP contribution in [0.25, 0.3) is 0 Å². The van der Waals surface area contributed by atoms with Crippen LogP contribution in [0, 0.1) is 0 Å². The van der Waals surface area contributed by atoms with Crippen molar-refractivity contribution < 1.29 is 14.4 Å². The summed E-state index contributed by atoms with van der Waals surface area (Å²) in [4.78, 5) is 40.7. The topological polar surface area (TPSA) is 108 Å². The molecule has 1 saturated heterocycles. The Bertz CT molecular complexity index is 1250. The third-order valence-electron chi connectivity index (χ3n) is 7.40. The van der Waals surface area contributed by atoms with Gasteiger partial charge in [0, 0.05) is 30.8 Å². The van der Waals surface area contributed by atoms with Gasteiger partial charge in [-0.1, -0.05) is 67.6 Å². The molecule has 39 heavy (non-hydrogen) atoms. The van der Waals surface area contributed by atoms with Gasteiger partial charge in [0.1, 0.15) is 0 Å². The largest absolute Gasteiger partial charge is 0.351 e. The van der Waals surface area contributed by atoms with Crippen LogP contribution in [-0.4, -0.2) is 53.9 Å². The minimum atomic E-state index is -0.596. The molecule has 1 heterocycles. The summed E-state index contributed by atoms with van der Waals surface area (Å²) in [5.74, 6) is -0.637. The summed E-state index contributed by atoms with van der Waals surface area (Å²) in [6.07, 6.45) is 2.95. The zero-order chi connectivity index (χ0) is 27.7. The summed E-state index contributed by atoms with van der Waals surface area (Å²) in [6, 6.07) is 25.8. The van der Waals surface area contributed by atoms with Crippen molar-refractivity contribution in [2.45, 2.75) is 38.1 Å². The second-order valence-electron chi connectivity index (χ2n) is 9.84. The highest BCUT2D eigenvalue weighted by Crippen LogP contribution is 2.33. The quantitative estimate of drug-likeness (QED) is 0.384. The molecule has 204 valence electrons. The van der Waals surface area contributed by atoms with Gasteiger partial charge in [0.15, 0.2) is 0 Å². The number of benzene rings is 3. The minimum absolute atomic E-state index is 0.296. The molecule has 1 atom stereocenters. The molecule has 1 fully saturated rings. The molecule has 8 nitrogen and oxygen atoms in total. The van der Waals surface area contributed by atoms with Gasteiger partial charge in [-0.05, 0) is 67.6 Å². The average Bonchev–Trinajstić information content (AvgIpc) is 3.21. The maximum absolute atomic E-state index is 13.6. The highest BCUT2D eigenvalue weighted by molar-refractivity contribution is 5.99. The van der Waals surface area contributed by atoms with Crippen LogP contribution >= 0.6 is 0 Å². The van der Waals surface area contributed by atoms with E-state index in [2.05, 4.69) is 22.9 Å². The van der Waals surface area contributed by atoms with Gasteiger partial charge in [0.2, 0.25) is 0 Å². The molecule has 4 N–H and O–H groups in total. The first-order valence-corrected chi connectivity index (χ1v) is 13.5. The number of hydrazine groups is 1. The summed E-state index contributed by atoms with van der Waals surface area (Å²) in [7, 11) is 0. The predicted molar refractivity (Wildman–Crippen MR) is 152 cm³/mol. The zero-order valence-electron chi connectivity index (χ0n) is 22.4. The van der Waals surface area contributed by atoms with Gasteiger partial charge in [-0.25, -0.2) is 9.80 Å². The van der Waals surface area contributed by atoms with Gasteiger partial charge in [-0.15, -0.1) is 0 Å². The fourth-order valence-corrected chi connectivity index (χ4v) is 5.22. The molecule has 3 aromatic rings. The van der Waals surface area contributed by atoms with Crippen LogP contribution in [0.1, 0.15) is 58.0 Å². The van der Waals surface area contributed by atoms with Gasteiger partial charge >= 0.3 is 6.03 Å². The molecule has 0 spiro atoms. The molecular formula is C31H37N5O3. The van der Waals surface area contributed by atoms with E-state index in [1.165, 1.54) is 10.6 Å². The first-order valence-electron chi connectivity index (χ1n) is 13.5. The van der Waals surface area contributed by atoms with E-state index in [-0.39, 0.29) is 11.8 Å². The van der Waals surface area contributed by atoms with Crippen LogP contribution in [0.2, 0.25) is 0 Å². The first kappa shape index (κ1) is 27.9. The normalized spacial score (nSPS) is 17.2. The number of hydrogen-bond acceptors (Lipinski definition) is 4. The molecule has 4 amide bonds. The number of primary amides is 1. The number of carbonyl (C=O) groups is 3. The van der Waals surface area contributed by atoms with E-state index in [0.717, 1.165) is 24.9 Å². The van der Waals surface area contributed by atoms with E-state index in [9.17, 15) is 14.4 Å². The zero-order valence-corrected chi connectivity index (χ0v) is 22.4. The lowest BCUT2D eigenvalue weighted by Gasteiger charge is -2.42. The van der Waals surface area contributed by atoms with E-state index in [1.807, 2.05) is 43.3 Å². The summed E-state index contributed by atoms with van der Waals surface area (Å²) in [5.41, 5.74) is 11.0. The van der Waals surface area contributed by atoms with Crippen molar-refractivity contribution in [3.63, 3.8) is 0 Å². The van der Waals surface area contributed by atoms with E-state index in [1.54, 1.807) is 41.3 Å². The smallest absolute Gasteiger partial charge is 0.315 e. The Balaban J connectivity index is 1.55. The number of rotatable bonds is 8. The predicted octanol–water partition coefficient (Wildman–Crippen LogP) is 4.09. The standard InChI is InChI=1S/C31H37N5O3/c1-2-31(23-33-20-10-21-35(31)30(32)39)27-18-16-26(17-19-27)29(38)36(22-9-13-24-11-5-3-6-12-24)34-28(37)25-14-7-4-8-15-25/h3-8,11-12,14-19,33H,2,9-10,13,20-23H2,1H3,(H2,32,39)(H,34,37). The van der Waals surface area contributed by atoms with Crippen molar-refractivity contribution in [3.05, 3.63) is 107 Å². The molecule has 1 aliphatic rings. The van der Waals surface area contributed by atoms with Crippen molar-refractivity contribution in [2.24, 2.45) is 5.73 Å². The summed E-state index contributed by atoms with van der Waals surface area (Å²) < 4.78 is 0. The second-order valence-corrected chi connectivity index (χ2v) is 9.84. The number of urea groups is 1. The summed E-state index contributed by atoms with van der Waals surface area (Å²) >= 11 is 0. The average molecular weight is 528 g/mol. The fourth-order valence-electron chi connectivity index (χ4n) is 5.22. The first-order chi connectivity index (χ1) is 18.9. The molecule has 1 unspecified atom stereocenters. The lowest BCUT2D eigenvalue weighted by molar-refractivity contribution is 0.0580. The number of nitrogens with two attached hydrogens (primary N) is 1. The monoisotopic (exact) mass is 527 g/mol. The van der Waals surface area contributed by atoms with Crippen LogP contribution in [0.4, 0.5) is 4.79 Å². The van der Waals surface area contributed by atoms with Crippen molar-refractivity contribution >= 4 is 17.8 Å². The second kappa shape index (κ2) is 13.1. The highest BCUT2D eigenvalue weighted by atomic mass is 16.2. The molecule has 0 aliphatic carbocycles. The van der Waals surface area contributed by atoms with Gasteiger partial charge in [0.25, 0.3) is 11.8 Å². The molecule has 4 rings (SSSR count). The Hall–Kier alpha value is -4.17. The molecule has 1 aliphatic heterocycles. The van der Waals surface area contributed by atoms with E-state index < -0.39 is 11.6 Å². The van der Waals surface area contributed by atoms with E-state index >= 15 is 0 Å². The van der Waals surface area contributed by atoms with Crippen molar-refractivity contribution in [3.8, 4) is 0 Å². The molecule has 0 aromatic heterocycles. The molecule has 3 aromatic carbocycles. The maximum Gasteiger partial charge on any atom is 0.315 e.